The van der Waals surface area contributed by atoms with Crippen molar-refractivity contribution in [1.29, 1.82) is 0 Å². The molecule has 0 radical (unpaired) electrons. The lowest BCUT2D eigenvalue weighted by Gasteiger charge is -2.60. The molecular formula is C26H32N2O4. The van der Waals surface area contributed by atoms with Gasteiger partial charge in [0.05, 0.1) is 23.7 Å². The molecule has 2 heterocycles. The van der Waals surface area contributed by atoms with Gasteiger partial charge >= 0.3 is 0 Å². The van der Waals surface area contributed by atoms with E-state index in [0.717, 1.165) is 51.4 Å². The minimum absolute atomic E-state index is 0.00839. The molecule has 6 fully saturated rings. The number of hydrogen-bond acceptors (Lipinski definition) is 4. The lowest BCUT2D eigenvalue weighted by Crippen LogP contribution is -2.63. The maximum Gasteiger partial charge on any atom is 0.233 e. The molecule has 170 valence electrons. The zero-order chi connectivity index (χ0) is 21.7. The second kappa shape index (κ2) is 6.77. The quantitative estimate of drug-likeness (QED) is 0.493. The molecule has 6 nitrogen and oxygen atoms in total. The van der Waals surface area contributed by atoms with Gasteiger partial charge in [0.25, 0.3) is 0 Å². The Hall–Kier alpha value is -1.98. The minimum atomic E-state index is -0.312. The molecule has 0 N–H and O–H groups in total. The number of nitrogens with zero attached hydrogens (tertiary/aromatic N) is 2. The molecule has 0 aromatic carbocycles. The SMILES string of the molecule is O=C1[C@@H]2[C@H]3C=C[C@H]([C@@H]2C(=O)N1C1CCCCC1)[C@@H]1[C@@H]2C(=O)N(C4CCCCC4)C(=O)[C@H]2[C@@H]31. The van der Waals surface area contributed by atoms with Crippen LogP contribution in [0.15, 0.2) is 12.2 Å². The van der Waals surface area contributed by atoms with Gasteiger partial charge in [-0.15, -0.1) is 0 Å². The van der Waals surface area contributed by atoms with Crippen molar-refractivity contribution in [2.24, 2.45) is 47.3 Å². The van der Waals surface area contributed by atoms with E-state index in [1.807, 2.05) is 0 Å². The van der Waals surface area contributed by atoms with Crippen LogP contribution in [0, 0.1) is 47.3 Å². The Balaban J connectivity index is 1.20. The fraction of sp³-hybridized carbons (Fsp3) is 0.769. The van der Waals surface area contributed by atoms with Gasteiger partial charge in [-0.2, -0.15) is 0 Å². The molecule has 32 heavy (non-hydrogen) atoms. The summed E-state index contributed by atoms with van der Waals surface area (Å²) < 4.78 is 0. The van der Waals surface area contributed by atoms with Gasteiger partial charge in [0.15, 0.2) is 0 Å². The van der Waals surface area contributed by atoms with Crippen LogP contribution in [-0.2, 0) is 19.2 Å². The first-order valence-corrected chi connectivity index (χ1v) is 13.0. The van der Waals surface area contributed by atoms with Crippen molar-refractivity contribution in [3.63, 3.8) is 0 Å². The van der Waals surface area contributed by atoms with Crippen LogP contribution in [-0.4, -0.2) is 45.5 Å². The van der Waals surface area contributed by atoms with E-state index in [9.17, 15) is 19.2 Å². The van der Waals surface area contributed by atoms with Gasteiger partial charge in [-0.3, -0.25) is 29.0 Å². The molecule has 2 bridgehead atoms. The predicted octanol–water partition coefficient (Wildman–Crippen LogP) is 2.92. The Bertz CT molecular complexity index is 874. The second-order valence-corrected chi connectivity index (χ2v) is 11.5. The standard InChI is InChI=1S/C26H32N2O4/c29-23-19-15-11-12-16(20(19)24(30)27(23)13-7-3-1-4-8-13)18-17(15)21-22(18)26(32)28(25(21)31)14-9-5-2-6-10-14/h11-22H,1-10H2/t15-,16-,17-,18-,19-,20+,21-,22-/m0/s1. The van der Waals surface area contributed by atoms with E-state index < -0.39 is 0 Å². The van der Waals surface area contributed by atoms with Gasteiger partial charge in [-0.1, -0.05) is 50.7 Å². The van der Waals surface area contributed by atoms with E-state index in [0.29, 0.717) is 0 Å². The molecule has 0 spiro atoms. The number of fused-ring (bicyclic) bond motifs is 1. The number of carbonyl (C=O) groups excluding carboxylic acids is 4. The predicted molar refractivity (Wildman–Crippen MR) is 115 cm³/mol. The van der Waals surface area contributed by atoms with E-state index in [4.69, 9.17) is 0 Å². The zero-order valence-electron chi connectivity index (χ0n) is 18.5. The number of imide groups is 2. The lowest BCUT2D eigenvalue weighted by atomic mass is 9.40. The molecule has 0 unspecified atom stereocenters. The smallest absolute Gasteiger partial charge is 0.233 e. The van der Waals surface area contributed by atoms with Crippen LogP contribution in [0.5, 0.6) is 0 Å². The number of hydrogen-bond donors (Lipinski definition) is 0. The van der Waals surface area contributed by atoms with E-state index in [1.165, 1.54) is 12.8 Å². The average Bonchev–Trinajstić information content (AvgIpc) is 3.19. The first-order chi connectivity index (χ1) is 15.6. The molecule has 4 saturated carbocycles. The normalized spacial score (nSPS) is 45.9. The van der Waals surface area contributed by atoms with Crippen molar-refractivity contribution < 1.29 is 19.2 Å². The molecule has 2 saturated heterocycles. The Morgan fingerprint density at radius 2 is 0.844 bits per heavy atom. The molecule has 8 rings (SSSR count). The Morgan fingerprint density at radius 1 is 0.500 bits per heavy atom. The van der Waals surface area contributed by atoms with Crippen LogP contribution < -0.4 is 0 Å². The van der Waals surface area contributed by atoms with Crippen molar-refractivity contribution >= 4 is 23.6 Å². The maximum absolute atomic E-state index is 13.6. The van der Waals surface area contributed by atoms with E-state index in [1.54, 1.807) is 9.80 Å². The van der Waals surface area contributed by atoms with Gasteiger partial charge in [-0.05, 0) is 49.4 Å². The Labute approximate surface area is 188 Å². The molecular weight excluding hydrogens is 404 g/mol. The summed E-state index contributed by atoms with van der Waals surface area (Å²) >= 11 is 0. The number of allylic oxidation sites excluding steroid dienone is 2. The van der Waals surface area contributed by atoms with Crippen molar-refractivity contribution in [2.45, 2.75) is 76.3 Å². The van der Waals surface area contributed by atoms with Crippen molar-refractivity contribution in [3.8, 4) is 0 Å². The highest BCUT2D eigenvalue weighted by Gasteiger charge is 2.75. The van der Waals surface area contributed by atoms with Gasteiger partial charge in [0.1, 0.15) is 0 Å². The Kier molecular flexibility index (Phi) is 4.12. The Morgan fingerprint density at radius 3 is 1.22 bits per heavy atom. The van der Waals surface area contributed by atoms with E-state index >= 15 is 0 Å². The molecule has 4 amide bonds. The highest BCUT2D eigenvalue weighted by molar-refractivity contribution is 6.09. The van der Waals surface area contributed by atoms with Crippen LogP contribution in [0.25, 0.3) is 0 Å². The summed E-state index contributed by atoms with van der Waals surface area (Å²) in [6.07, 6.45) is 14.6. The van der Waals surface area contributed by atoms with Crippen LogP contribution >= 0.6 is 0 Å². The average molecular weight is 437 g/mol. The van der Waals surface area contributed by atoms with Gasteiger partial charge in [-0.25, -0.2) is 0 Å². The monoisotopic (exact) mass is 436 g/mol. The van der Waals surface area contributed by atoms with Crippen LogP contribution in [0.2, 0.25) is 0 Å². The first kappa shape index (κ1) is 19.5. The zero-order valence-corrected chi connectivity index (χ0v) is 18.5. The fourth-order valence-corrected chi connectivity index (χ4v) is 9.05. The summed E-state index contributed by atoms with van der Waals surface area (Å²) in [5, 5.41) is 0. The number of likely N-dealkylation sites (tertiary alicyclic amines) is 2. The van der Waals surface area contributed by atoms with E-state index in [-0.39, 0.29) is 83.1 Å². The van der Waals surface area contributed by atoms with Crippen LogP contribution in [0.1, 0.15) is 64.2 Å². The topological polar surface area (TPSA) is 74.8 Å². The van der Waals surface area contributed by atoms with Crippen LogP contribution in [0.3, 0.4) is 0 Å². The van der Waals surface area contributed by atoms with Gasteiger partial charge < -0.3 is 0 Å². The van der Waals surface area contributed by atoms with Crippen molar-refractivity contribution in [2.75, 3.05) is 0 Å². The summed E-state index contributed by atoms with van der Waals surface area (Å²) in [6, 6.07) is 0.113. The first-order valence-electron chi connectivity index (χ1n) is 13.0. The third-order valence-corrected chi connectivity index (χ3v) is 10.3. The number of carbonyl (C=O) groups is 4. The van der Waals surface area contributed by atoms with Gasteiger partial charge in [0.2, 0.25) is 23.6 Å². The highest BCUT2D eigenvalue weighted by atomic mass is 16.2. The van der Waals surface area contributed by atoms with Gasteiger partial charge in [0, 0.05) is 12.1 Å². The summed E-state index contributed by atoms with van der Waals surface area (Å²) in [5.41, 5.74) is 0. The fourth-order valence-electron chi connectivity index (χ4n) is 9.05. The maximum atomic E-state index is 13.6. The van der Waals surface area contributed by atoms with E-state index in [2.05, 4.69) is 12.2 Å². The molecule has 6 heteroatoms. The molecule has 2 aliphatic heterocycles. The largest absolute Gasteiger partial charge is 0.279 e. The second-order valence-electron chi connectivity index (χ2n) is 11.5. The molecule has 8 atom stereocenters. The molecule has 0 aromatic rings. The summed E-state index contributed by atoms with van der Waals surface area (Å²) in [5.74, 6) is -1.11. The highest BCUT2D eigenvalue weighted by Crippen LogP contribution is 2.68. The van der Waals surface area contributed by atoms with Crippen molar-refractivity contribution in [3.05, 3.63) is 12.2 Å². The molecule has 6 aliphatic carbocycles. The number of rotatable bonds is 2. The summed E-state index contributed by atoms with van der Waals surface area (Å²) in [4.78, 5) is 57.4. The number of amides is 4. The van der Waals surface area contributed by atoms with Crippen molar-refractivity contribution in [1.82, 2.24) is 9.80 Å². The summed E-state index contributed by atoms with van der Waals surface area (Å²) in [6.45, 7) is 0. The molecule has 8 aliphatic rings. The minimum Gasteiger partial charge on any atom is -0.279 e. The third kappa shape index (κ3) is 2.27. The third-order valence-electron chi connectivity index (χ3n) is 10.3. The molecule has 0 aromatic heterocycles. The summed E-state index contributed by atoms with van der Waals surface area (Å²) in [7, 11) is 0. The lowest BCUT2D eigenvalue weighted by molar-refractivity contribution is -0.166. The van der Waals surface area contributed by atoms with Crippen LogP contribution in [0.4, 0.5) is 0 Å².